The van der Waals surface area contributed by atoms with Crippen molar-refractivity contribution < 1.29 is 4.79 Å². The highest BCUT2D eigenvalue weighted by Gasteiger charge is 2.26. The van der Waals surface area contributed by atoms with Crippen LogP contribution in [0.25, 0.3) is 16.1 Å². The highest BCUT2D eigenvalue weighted by Crippen LogP contribution is 2.31. The van der Waals surface area contributed by atoms with E-state index in [0.717, 1.165) is 39.6 Å². The fourth-order valence-corrected chi connectivity index (χ4v) is 5.01. The summed E-state index contributed by atoms with van der Waals surface area (Å²) >= 11 is 0. The van der Waals surface area contributed by atoms with Gasteiger partial charge in [-0.1, -0.05) is 66.7 Å². The van der Waals surface area contributed by atoms with E-state index in [4.69, 9.17) is 11.6 Å². The lowest BCUT2D eigenvalue weighted by atomic mass is 10.1. The van der Waals surface area contributed by atoms with Crippen LogP contribution in [0.1, 0.15) is 28.2 Å². The normalized spacial score (nSPS) is 12.4. The van der Waals surface area contributed by atoms with Crippen LogP contribution in [0.15, 0.2) is 91.5 Å². The number of carbonyl (C=O) groups is 1. The van der Waals surface area contributed by atoms with Crippen LogP contribution in [0.3, 0.4) is 0 Å². The van der Waals surface area contributed by atoms with Crippen molar-refractivity contribution in [2.24, 2.45) is 0 Å². The number of benzene rings is 3. The number of anilines is 1. The minimum atomic E-state index is -0.00329. The number of fused-ring (bicyclic) bond motifs is 2. The van der Waals surface area contributed by atoms with E-state index in [1.54, 1.807) is 12.5 Å². The molecule has 0 aliphatic carbocycles. The second-order valence-electron chi connectivity index (χ2n) is 9.56. The Bertz CT molecular complexity index is 1670. The number of nitrogens with zero attached hydrogens (tertiary/aromatic N) is 6. The summed E-state index contributed by atoms with van der Waals surface area (Å²) in [5, 5.41) is 0. The summed E-state index contributed by atoms with van der Waals surface area (Å²) in [5.74, 6) is 0.859. The molecule has 0 N–H and O–H groups in total. The summed E-state index contributed by atoms with van der Waals surface area (Å²) in [5.41, 5.74) is 7.71. The topological polar surface area (TPSA) is 60.3 Å². The van der Waals surface area contributed by atoms with Crippen LogP contribution >= 0.6 is 0 Å². The van der Waals surface area contributed by atoms with E-state index in [-0.39, 0.29) is 12.3 Å². The average Bonchev–Trinajstić information content (AvgIpc) is 3.50. The lowest BCUT2D eigenvalue weighted by Crippen LogP contribution is -2.32. The molecular weight excluding hydrogens is 472 g/mol. The average molecular weight is 499 g/mol. The highest BCUT2D eigenvalue weighted by atomic mass is 16.2. The fourth-order valence-electron chi connectivity index (χ4n) is 5.01. The molecule has 0 radical (unpaired) electrons. The molecule has 0 atom stereocenters. The van der Waals surface area contributed by atoms with Crippen LogP contribution in [-0.4, -0.2) is 25.0 Å². The van der Waals surface area contributed by atoms with Gasteiger partial charge in [-0.2, -0.15) is 0 Å². The van der Waals surface area contributed by atoms with Gasteiger partial charge in [0.25, 0.3) is 0 Å². The number of aryl methyl sites for hydroxylation is 1. The number of carbonyl (C=O) groups excluding carboxylic acids is 1. The van der Waals surface area contributed by atoms with Gasteiger partial charge in [-0.15, -0.1) is 0 Å². The third-order valence-corrected chi connectivity index (χ3v) is 7.05. The van der Waals surface area contributed by atoms with Gasteiger partial charge in [0.2, 0.25) is 5.91 Å². The van der Waals surface area contributed by atoms with Crippen LogP contribution in [0, 0.1) is 13.5 Å². The molecule has 6 rings (SSSR count). The first-order valence-electron chi connectivity index (χ1n) is 12.5. The first-order chi connectivity index (χ1) is 18.6. The second kappa shape index (κ2) is 9.83. The van der Waals surface area contributed by atoms with Gasteiger partial charge in [0.1, 0.15) is 5.82 Å². The maximum absolute atomic E-state index is 13.8. The summed E-state index contributed by atoms with van der Waals surface area (Å²) < 4.78 is 4.15. The zero-order chi connectivity index (χ0) is 26.1. The maximum atomic E-state index is 13.8. The molecule has 7 nitrogen and oxygen atoms in total. The summed E-state index contributed by atoms with van der Waals surface area (Å²) in [7, 11) is 0. The van der Waals surface area contributed by atoms with Crippen molar-refractivity contribution in [3.05, 3.63) is 131 Å². The molecule has 1 aliphatic heterocycles. The van der Waals surface area contributed by atoms with Crippen LogP contribution in [0.5, 0.6) is 0 Å². The number of amides is 1. The summed E-state index contributed by atoms with van der Waals surface area (Å²) in [6.07, 6.45) is 5.83. The Balaban J connectivity index is 1.29. The van der Waals surface area contributed by atoms with Gasteiger partial charge < -0.3 is 14.0 Å². The minimum absolute atomic E-state index is 0.00329. The van der Waals surface area contributed by atoms with Crippen molar-refractivity contribution in [2.75, 3.05) is 4.90 Å². The van der Waals surface area contributed by atoms with Gasteiger partial charge in [-0.3, -0.25) is 4.79 Å². The molecule has 0 saturated carbocycles. The van der Waals surface area contributed by atoms with Crippen molar-refractivity contribution in [1.29, 1.82) is 0 Å². The number of hydrogen-bond acceptors (Lipinski definition) is 3. The molecule has 1 amide bonds. The third-order valence-electron chi connectivity index (χ3n) is 7.05. The van der Waals surface area contributed by atoms with Gasteiger partial charge in [-0.25, -0.2) is 14.8 Å². The SMILES string of the molecule is [C-]#[N+]c1ccc(Cn2cncc2CC(=O)N2Cc3nc(-c4ccccc4C)cn3Cc3ccccc32)cc1. The molecule has 7 heteroatoms. The van der Waals surface area contributed by atoms with Gasteiger partial charge in [0, 0.05) is 35.9 Å². The van der Waals surface area contributed by atoms with E-state index in [2.05, 4.69) is 45.7 Å². The Morgan fingerprint density at radius 3 is 2.61 bits per heavy atom. The Kier molecular flexibility index (Phi) is 6.06. The van der Waals surface area contributed by atoms with E-state index >= 15 is 0 Å². The predicted octanol–water partition coefficient (Wildman–Crippen LogP) is 5.79. The standard InChI is InChI=1S/C31H26N6O/c1-22-7-3-5-9-27(22)28-19-35-18-24-8-4-6-10-29(24)37(20-30(35)34-28)31(38)15-26-16-33-21-36(26)17-23-11-13-25(32-2)14-12-23/h3-14,16,19,21H,15,17-18,20H2,1H3. The lowest BCUT2D eigenvalue weighted by molar-refractivity contribution is -0.118. The molecule has 0 saturated heterocycles. The molecule has 0 unspecified atom stereocenters. The fraction of sp³-hybridized carbons (Fsp3) is 0.161. The quantitative estimate of drug-likeness (QED) is 0.288. The van der Waals surface area contributed by atoms with E-state index in [9.17, 15) is 4.79 Å². The van der Waals surface area contributed by atoms with Crippen molar-refractivity contribution in [3.63, 3.8) is 0 Å². The van der Waals surface area contributed by atoms with Gasteiger partial charge in [0.15, 0.2) is 5.69 Å². The number of aromatic nitrogens is 4. The van der Waals surface area contributed by atoms with E-state index in [1.165, 1.54) is 5.56 Å². The summed E-state index contributed by atoms with van der Waals surface area (Å²) in [4.78, 5) is 28.4. The molecule has 0 spiro atoms. The van der Waals surface area contributed by atoms with Crippen LogP contribution in [-0.2, 0) is 30.8 Å². The van der Waals surface area contributed by atoms with Crippen LogP contribution < -0.4 is 4.90 Å². The number of para-hydroxylation sites is 1. The number of rotatable bonds is 5. The lowest BCUT2D eigenvalue weighted by Gasteiger charge is -2.22. The number of imidazole rings is 2. The first-order valence-corrected chi connectivity index (χ1v) is 12.5. The Hall–Kier alpha value is -4.96. The molecule has 38 heavy (non-hydrogen) atoms. The van der Waals surface area contributed by atoms with Gasteiger partial charge >= 0.3 is 0 Å². The molecule has 0 fully saturated rings. The maximum Gasteiger partial charge on any atom is 0.233 e. The molecule has 5 aromatic rings. The molecule has 186 valence electrons. The smallest absolute Gasteiger partial charge is 0.233 e. The molecule has 3 aromatic carbocycles. The predicted molar refractivity (Wildman–Crippen MR) is 147 cm³/mol. The second-order valence-corrected chi connectivity index (χ2v) is 9.56. The van der Waals surface area contributed by atoms with E-state index in [1.807, 2.05) is 64.1 Å². The largest absolute Gasteiger partial charge is 0.330 e. The van der Waals surface area contributed by atoms with Crippen molar-refractivity contribution in [1.82, 2.24) is 19.1 Å². The zero-order valence-electron chi connectivity index (χ0n) is 21.1. The van der Waals surface area contributed by atoms with Crippen LogP contribution in [0.4, 0.5) is 11.4 Å². The van der Waals surface area contributed by atoms with Crippen LogP contribution in [0.2, 0.25) is 0 Å². The Labute approximate surface area is 221 Å². The third kappa shape index (κ3) is 4.48. The molecule has 1 aliphatic rings. The molecule has 3 heterocycles. The van der Waals surface area contributed by atoms with E-state index < -0.39 is 0 Å². The van der Waals surface area contributed by atoms with Crippen molar-refractivity contribution in [2.45, 2.75) is 33.0 Å². The zero-order valence-corrected chi connectivity index (χ0v) is 21.1. The highest BCUT2D eigenvalue weighted by molar-refractivity contribution is 5.95. The molecule has 0 bridgehead atoms. The van der Waals surface area contributed by atoms with E-state index in [0.29, 0.717) is 25.3 Å². The number of hydrogen-bond donors (Lipinski definition) is 0. The Morgan fingerprint density at radius 2 is 1.79 bits per heavy atom. The Morgan fingerprint density at radius 1 is 1.00 bits per heavy atom. The van der Waals surface area contributed by atoms with Gasteiger partial charge in [-0.05, 0) is 29.7 Å². The first kappa shape index (κ1) is 23.4. The monoisotopic (exact) mass is 498 g/mol. The summed E-state index contributed by atoms with van der Waals surface area (Å²) in [6, 6.07) is 23.8. The van der Waals surface area contributed by atoms with Crippen molar-refractivity contribution in [3.8, 4) is 11.3 Å². The molecule has 2 aromatic heterocycles. The minimum Gasteiger partial charge on any atom is -0.330 e. The molecular formula is C31H26N6O. The van der Waals surface area contributed by atoms with Crippen molar-refractivity contribution >= 4 is 17.3 Å². The van der Waals surface area contributed by atoms with Gasteiger partial charge in [0.05, 0.1) is 38.1 Å². The summed E-state index contributed by atoms with van der Waals surface area (Å²) in [6.45, 7) is 10.9.